The highest BCUT2D eigenvalue weighted by Crippen LogP contribution is 2.41. The predicted octanol–water partition coefficient (Wildman–Crippen LogP) is 5.73. The Hall–Kier alpha value is -1.77. The molecular formula is C35H58O7. The third-order valence-corrected chi connectivity index (χ3v) is 9.52. The van der Waals surface area contributed by atoms with Crippen molar-refractivity contribution in [3.63, 3.8) is 0 Å². The number of aliphatic hydroxyl groups excluding tert-OH is 3. The van der Waals surface area contributed by atoms with Gasteiger partial charge in [0.1, 0.15) is 6.10 Å². The summed E-state index contributed by atoms with van der Waals surface area (Å²) < 4.78 is 12.3. The van der Waals surface area contributed by atoms with E-state index >= 15 is 0 Å². The highest BCUT2D eigenvalue weighted by Gasteiger charge is 2.51. The van der Waals surface area contributed by atoms with Crippen molar-refractivity contribution in [1.29, 1.82) is 0 Å². The van der Waals surface area contributed by atoms with Crippen LogP contribution in [-0.4, -0.2) is 62.7 Å². The quantitative estimate of drug-likeness (QED) is 0.302. The van der Waals surface area contributed by atoms with Crippen LogP contribution in [0.5, 0.6) is 0 Å². The molecule has 2 heterocycles. The fraction of sp³-hybridized carbons (Fsp3) is 0.743. The second kappa shape index (κ2) is 15.3. The van der Waals surface area contributed by atoms with Crippen molar-refractivity contribution in [1.82, 2.24) is 0 Å². The summed E-state index contributed by atoms with van der Waals surface area (Å²) >= 11 is 0. The Morgan fingerprint density at radius 2 is 1.60 bits per heavy atom. The lowest BCUT2D eigenvalue weighted by Crippen LogP contribution is -2.58. The van der Waals surface area contributed by atoms with Crippen molar-refractivity contribution >= 4 is 5.97 Å². The van der Waals surface area contributed by atoms with E-state index in [2.05, 4.69) is 0 Å². The van der Waals surface area contributed by atoms with Gasteiger partial charge in [0.2, 0.25) is 0 Å². The largest absolute Gasteiger partial charge is 0.458 e. The van der Waals surface area contributed by atoms with Crippen LogP contribution in [0.4, 0.5) is 0 Å². The highest BCUT2D eigenvalue weighted by atomic mass is 16.6. The first-order valence-electron chi connectivity index (χ1n) is 15.8. The van der Waals surface area contributed by atoms with E-state index in [1.807, 2.05) is 86.6 Å². The minimum atomic E-state index is -1.73. The van der Waals surface area contributed by atoms with Crippen LogP contribution in [0.15, 0.2) is 47.1 Å². The number of hydrogen-bond acceptors (Lipinski definition) is 7. The summed E-state index contributed by atoms with van der Waals surface area (Å²) in [4.78, 5) is 13.3. The maximum atomic E-state index is 13.3. The van der Waals surface area contributed by atoms with Crippen LogP contribution < -0.4 is 0 Å². The van der Waals surface area contributed by atoms with E-state index in [0.29, 0.717) is 5.57 Å². The van der Waals surface area contributed by atoms with Crippen molar-refractivity contribution in [3.05, 3.63) is 47.1 Å². The molecule has 1 fully saturated rings. The molecule has 240 valence electrons. The molecule has 0 radical (unpaired) electrons. The Balaban J connectivity index is 2.43. The molecule has 0 aromatic rings. The van der Waals surface area contributed by atoms with E-state index in [1.165, 1.54) is 0 Å². The number of carbonyl (C=O) groups excluding carboxylic acids is 1. The van der Waals surface area contributed by atoms with Crippen LogP contribution in [0.3, 0.4) is 0 Å². The van der Waals surface area contributed by atoms with Gasteiger partial charge in [0.15, 0.2) is 5.79 Å². The van der Waals surface area contributed by atoms with Gasteiger partial charge in [-0.3, -0.25) is 0 Å². The van der Waals surface area contributed by atoms with Crippen LogP contribution in [0.2, 0.25) is 0 Å². The minimum absolute atomic E-state index is 0.00862. The zero-order chi connectivity index (χ0) is 32.1. The molecule has 12 atom stereocenters. The average molecular weight is 591 g/mol. The monoisotopic (exact) mass is 590 g/mol. The molecule has 2 aliphatic rings. The van der Waals surface area contributed by atoms with Gasteiger partial charge in [-0.2, -0.15) is 0 Å². The molecule has 7 nitrogen and oxygen atoms in total. The van der Waals surface area contributed by atoms with Gasteiger partial charge in [-0.15, -0.1) is 0 Å². The van der Waals surface area contributed by atoms with Crippen molar-refractivity contribution in [2.24, 2.45) is 41.4 Å². The molecule has 0 aromatic heterocycles. The summed E-state index contributed by atoms with van der Waals surface area (Å²) in [5, 5.41) is 44.8. The Morgan fingerprint density at radius 1 is 0.976 bits per heavy atom. The van der Waals surface area contributed by atoms with E-state index in [-0.39, 0.29) is 42.1 Å². The zero-order valence-electron chi connectivity index (χ0n) is 27.7. The number of aliphatic hydroxyl groups is 4. The molecule has 1 saturated heterocycles. The number of esters is 1. The van der Waals surface area contributed by atoms with Gasteiger partial charge in [-0.05, 0) is 45.1 Å². The predicted molar refractivity (Wildman–Crippen MR) is 167 cm³/mol. The third-order valence-electron chi connectivity index (χ3n) is 9.52. The Labute approximate surface area is 254 Å². The van der Waals surface area contributed by atoms with Gasteiger partial charge in [0.25, 0.3) is 0 Å². The molecule has 4 N–H and O–H groups in total. The summed E-state index contributed by atoms with van der Waals surface area (Å²) in [6, 6.07) is 0. The maximum absolute atomic E-state index is 13.3. The smallest absolute Gasteiger partial charge is 0.334 e. The molecular weight excluding hydrogens is 532 g/mol. The minimum Gasteiger partial charge on any atom is -0.458 e. The third kappa shape index (κ3) is 9.12. The summed E-state index contributed by atoms with van der Waals surface area (Å²) in [5.74, 6) is -3.91. The van der Waals surface area contributed by atoms with Crippen molar-refractivity contribution in [3.8, 4) is 0 Å². The summed E-state index contributed by atoms with van der Waals surface area (Å²) in [7, 11) is 0. The van der Waals surface area contributed by atoms with Gasteiger partial charge in [0, 0.05) is 41.6 Å². The summed E-state index contributed by atoms with van der Waals surface area (Å²) in [5.41, 5.74) is 2.40. The number of rotatable bonds is 5. The molecule has 0 aromatic carbocycles. The molecule has 12 unspecified atom stereocenters. The topological polar surface area (TPSA) is 116 Å². The first kappa shape index (κ1) is 36.4. The van der Waals surface area contributed by atoms with Gasteiger partial charge >= 0.3 is 5.97 Å². The standard InChI is InChI=1S/C35H58O7/c1-19(2)32-26(9)29(36)18-35(40,42-32)28(11)31(38)27(10)33-22(5)14-12-13-20(3)15-23(6)30(37)24(7)16-21(4)17-25(8)34(39)41-33/h12-14,16-17,19,22-24,26-33,36-38,40H,15,18H2,1-11H3. The van der Waals surface area contributed by atoms with Crippen molar-refractivity contribution < 1.29 is 34.7 Å². The molecule has 0 aliphatic carbocycles. The molecule has 7 heteroatoms. The highest BCUT2D eigenvalue weighted by molar-refractivity contribution is 5.88. The van der Waals surface area contributed by atoms with Gasteiger partial charge in [-0.25, -0.2) is 4.79 Å². The Bertz CT molecular complexity index is 1030. The van der Waals surface area contributed by atoms with Crippen LogP contribution in [0.25, 0.3) is 0 Å². The van der Waals surface area contributed by atoms with Gasteiger partial charge < -0.3 is 29.9 Å². The lowest BCUT2D eigenvalue weighted by Gasteiger charge is -2.49. The SMILES string of the molecule is CC1=CC(C)C(O)C(C)CC(C)=CC=CC(C)C(C(C)C(O)C(C)C2(O)CC(O)C(C)C(C(C)C)O2)OC(=O)C(C)=C1. The second-order valence-corrected chi connectivity index (χ2v) is 13.8. The Morgan fingerprint density at radius 3 is 2.19 bits per heavy atom. The molecule has 2 aliphatic heterocycles. The van der Waals surface area contributed by atoms with E-state index in [4.69, 9.17) is 9.47 Å². The molecule has 42 heavy (non-hydrogen) atoms. The van der Waals surface area contributed by atoms with E-state index < -0.39 is 48.0 Å². The van der Waals surface area contributed by atoms with E-state index in [0.717, 1.165) is 17.6 Å². The second-order valence-electron chi connectivity index (χ2n) is 13.8. The van der Waals surface area contributed by atoms with E-state index in [9.17, 15) is 25.2 Å². The number of cyclic esters (lactones) is 1. The summed E-state index contributed by atoms with van der Waals surface area (Å²) in [6.07, 6.45) is 6.95. The fourth-order valence-corrected chi connectivity index (χ4v) is 6.64. The first-order chi connectivity index (χ1) is 19.4. The van der Waals surface area contributed by atoms with Gasteiger partial charge in [-0.1, -0.05) is 90.8 Å². The number of carbonyl (C=O) groups is 1. The van der Waals surface area contributed by atoms with Crippen LogP contribution >= 0.6 is 0 Å². The fourth-order valence-electron chi connectivity index (χ4n) is 6.64. The lowest BCUT2D eigenvalue weighted by molar-refractivity contribution is -0.328. The lowest BCUT2D eigenvalue weighted by atomic mass is 9.75. The summed E-state index contributed by atoms with van der Waals surface area (Å²) in [6.45, 7) is 21.0. The zero-order valence-corrected chi connectivity index (χ0v) is 27.7. The maximum Gasteiger partial charge on any atom is 0.334 e. The van der Waals surface area contributed by atoms with Crippen molar-refractivity contribution in [2.75, 3.05) is 0 Å². The average Bonchev–Trinajstić information content (AvgIpc) is 2.90. The molecule has 0 spiro atoms. The molecule has 0 saturated carbocycles. The van der Waals surface area contributed by atoms with Crippen LogP contribution in [-0.2, 0) is 14.3 Å². The number of ether oxygens (including phenoxy) is 2. The Kier molecular flexibility index (Phi) is 13.3. The van der Waals surface area contributed by atoms with Crippen LogP contribution in [0, 0.1) is 41.4 Å². The normalized spacial score (nSPS) is 38.2. The number of allylic oxidation sites excluding steroid dienone is 5. The van der Waals surface area contributed by atoms with E-state index in [1.54, 1.807) is 19.9 Å². The first-order valence-corrected chi connectivity index (χ1v) is 15.8. The van der Waals surface area contributed by atoms with Crippen LogP contribution in [0.1, 0.15) is 89.0 Å². The van der Waals surface area contributed by atoms with Gasteiger partial charge in [0.05, 0.1) is 24.4 Å². The number of hydrogen-bond donors (Lipinski definition) is 4. The molecule has 0 bridgehead atoms. The van der Waals surface area contributed by atoms with Crippen molar-refractivity contribution in [2.45, 2.75) is 125 Å². The molecule has 0 amide bonds. The molecule has 2 rings (SSSR count).